The third-order valence-corrected chi connectivity index (χ3v) is 1.13. The first-order valence-electron chi connectivity index (χ1n) is 3.46. The molecule has 0 aliphatic carbocycles. The van der Waals surface area contributed by atoms with E-state index in [1.165, 1.54) is 12.1 Å². The number of aromatic hydroxyl groups is 1. The highest BCUT2D eigenvalue weighted by Crippen LogP contribution is 2.14. The first-order chi connectivity index (χ1) is 6.45. The first-order valence-corrected chi connectivity index (χ1v) is 3.46. The van der Waals surface area contributed by atoms with Crippen LogP contribution in [0.1, 0.15) is 10.4 Å². The Kier molecular flexibility index (Phi) is 15.1. The van der Waals surface area contributed by atoms with Crippen molar-refractivity contribution in [3.05, 3.63) is 29.8 Å². The zero-order valence-electron chi connectivity index (χ0n) is 7.85. The van der Waals surface area contributed by atoms with Crippen LogP contribution in [0.4, 0.5) is 0 Å². The van der Waals surface area contributed by atoms with Gasteiger partial charge in [-0.1, -0.05) is 12.1 Å². The number of halogens is 2. The SMILES string of the molecule is O=C(O)c1ccccc1O.[IH2+].[IH2+].[O-]B([O-])O. The number of hydrogen-bond donors (Lipinski definition) is 3. The molecule has 0 amide bonds. The Morgan fingerprint density at radius 3 is 1.81 bits per heavy atom. The Hall–Kier alpha value is -0.105. The van der Waals surface area contributed by atoms with Gasteiger partial charge < -0.3 is 25.3 Å². The molecule has 92 valence electrons. The fourth-order valence-corrected chi connectivity index (χ4v) is 0.654. The van der Waals surface area contributed by atoms with E-state index in [1.807, 2.05) is 0 Å². The average Bonchev–Trinajstić information content (AvgIpc) is 2.03. The Morgan fingerprint density at radius 2 is 1.56 bits per heavy atom. The van der Waals surface area contributed by atoms with Crippen molar-refractivity contribution in [2.75, 3.05) is 0 Å². The number of hydrogen-bond acceptors (Lipinski definition) is 5. The molecule has 0 heterocycles. The van der Waals surface area contributed by atoms with Crippen LogP contribution in [0, 0.1) is 0 Å². The second kappa shape index (κ2) is 11.4. The van der Waals surface area contributed by atoms with Gasteiger partial charge in [0.1, 0.15) is 11.3 Å². The molecule has 0 aliphatic heterocycles. The van der Waals surface area contributed by atoms with Crippen LogP contribution in [-0.2, 0) is 0 Å². The minimum Gasteiger partial charge on any atom is -0.871 e. The molecular formula is C7H11BI2O6. The van der Waals surface area contributed by atoms with E-state index in [4.69, 9.17) is 25.3 Å². The quantitative estimate of drug-likeness (QED) is 0.285. The van der Waals surface area contributed by atoms with Gasteiger partial charge in [-0.2, -0.15) is 0 Å². The van der Waals surface area contributed by atoms with E-state index >= 15 is 0 Å². The molecule has 1 aromatic carbocycles. The van der Waals surface area contributed by atoms with Crippen molar-refractivity contribution in [2.45, 2.75) is 0 Å². The monoisotopic (exact) mass is 456 g/mol. The molecule has 0 fully saturated rings. The van der Waals surface area contributed by atoms with Gasteiger partial charge in [0, 0.05) is 0 Å². The van der Waals surface area contributed by atoms with Crippen molar-refractivity contribution < 1.29 is 78.0 Å². The van der Waals surface area contributed by atoms with Crippen molar-refractivity contribution in [2.24, 2.45) is 0 Å². The van der Waals surface area contributed by atoms with Crippen molar-refractivity contribution >= 4 is 13.3 Å². The van der Waals surface area contributed by atoms with Crippen molar-refractivity contribution in [1.29, 1.82) is 0 Å². The summed E-state index contributed by atoms with van der Waals surface area (Å²) in [6.07, 6.45) is 0. The zero-order valence-corrected chi connectivity index (χ0v) is 13.0. The molecule has 6 nitrogen and oxygen atoms in total. The summed E-state index contributed by atoms with van der Waals surface area (Å²) in [7, 11) is -2.67. The summed E-state index contributed by atoms with van der Waals surface area (Å²) in [5, 5.41) is 41.3. The fourth-order valence-electron chi connectivity index (χ4n) is 0.654. The Labute approximate surface area is 126 Å². The summed E-state index contributed by atoms with van der Waals surface area (Å²) in [6, 6.07) is 5.81. The van der Waals surface area contributed by atoms with Gasteiger partial charge in [-0.25, -0.2) is 4.79 Å². The van der Waals surface area contributed by atoms with Gasteiger partial charge in [0.15, 0.2) is 0 Å². The summed E-state index contributed by atoms with van der Waals surface area (Å²) in [5.41, 5.74) is -0.0671. The van der Waals surface area contributed by atoms with Crippen LogP contribution >= 0.6 is 0 Å². The van der Waals surface area contributed by atoms with E-state index in [1.54, 1.807) is 12.1 Å². The summed E-state index contributed by atoms with van der Waals surface area (Å²) in [4.78, 5) is 10.3. The van der Waals surface area contributed by atoms with Gasteiger partial charge in [0.05, 0.1) is 7.32 Å². The summed E-state index contributed by atoms with van der Waals surface area (Å²) < 4.78 is 0. The number of carboxylic acid groups (broad SMARTS) is 1. The lowest BCUT2D eigenvalue weighted by molar-refractivity contribution is -0.376. The van der Waals surface area contributed by atoms with Crippen LogP contribution in [0.3, 0.4) is 0 Å². The van der Waals surface area contributed by atoms with E-state index in [2.05, 4.69) is 0 Å². The molecule has 0 bridgehead atoms. The maximum absolute atomic E-state index is 10.3. The number of benzene rings is 1. The van der Waals surface area contributed by atoms with E-state index < -0.39 is 13.3 Å². The van der Waals surface area contributed by atoms with Crippen LogP contribution in [0.15, 0.2) is 24.3 Å². The van der Waals surface area contributed by atoms with Gasteiger partial charge >= 0.3 is 5.97 Å². The molecule has 1 aromatic rings. The molecule has 0 saturated heterocycles. The standard InChI is InChI=1S/C7H6O3.BHO3.2H2I/c8-6-4-2-1-3-5(6)7(9)10;2-1(3)4;;/h1-4,8H,(H,9,10);2H;2*1H2/q;-2;2*+1. The van der Waals surface area contributed by atoms with Crippen LogP contribution in [0.25, 0.3) is 0 Å². The Bertz CT molecular complexity index is 306. The summed E-state index contributed by atoms with van der Waals surface area (Å²) >= 11 is 0. The van der Waals surface area contributed by atoms with Crippen LogP contribution in [-0.4, -0.2) is 28.5 Å². The second-order valence-corrected chi connectivity index (χ2v) is 2.13. The third kappa shape index (κ3) is 10.4. The summed E-state index contributed by atoms with van der Waals surface area (Å²) in [5.74, 6) is -1.31. The molecule has 0 aliphatic rings. The van der Waals surface area contributed by atoms with Gasteiger partial charge in [-0.05, 0) is 12.1 Å². The molecule has 3 N–H and O–H groups in total. The fraction of sp³-hybridized carbons (Fsp3) is 0. The number of aromatic carboxylic acids is 1. The number of para-hydroxylation sites is 1. The Morgan fingerprint density at radius 1 is 1.19 bits per heavy atom. The number of carbonyl (C=O) groups is 1. The number of phenols is 1. The zero-order chi connectivity index (χ0) is 11.1. The minimum atomic E-state index is -2.67. The maximum Gasteiger partial charge on any atom is 0.339 e. The van der Waals surface area contributed by atoms with E-state index in [0.717, 1.165) is 0 Å². The van der Waals surface area contributed by atoms with Gasteiger partial charge in [-0.3, -0.25) is 0 Å². The topological polar surface area (TPSA) is 124 Å². The highest BCUT2D eigenvalue weighted by Gasteiger charge is 2.05. The molecule has 0 aromatic heterocycles. The van der Waals surface area contributed by atoms with E-state index in [0.29, 0.717) is 0 Å². The molecule has 1 rings (SSSR count). The van der Waals surface area contributed by atoms with Crippen LogP contribution in [0.2, 0.25) is 0 Å². The van der Waals surface area contributed by atoms with Gasteiger partial charge in [0.25, 0.3) is 0 Å². The molecule has 0 unspecified atom stereocenters. The molecular weight excluding hydrogens is 445 g/mol. The molecule has 16 heavy (non-hydrogen) atoms. The molecule has 9 heteroatoms. The largest absolute Gasteiger partial charge is 0.871 e. The third-order valence-electron chi connectivity index (χ3n) is 1.13. The number of carboxylic acids is 1. The summed E-state index contributed by atoms with van der Waals surface area (Å²) in [6.45, 7) is 0. The minimum absolute atomic E-state index is 0. The number of rotatable bonds is 1. The highest BCUT2D eigenvalue weighted by molar-refractivity contribution is 6.26. The molecule has 0 radical (unpaired) electrons. The molecule has 0 saturated carbocycles. The molecule has 0 atom stereocenters. The van der Waals surface area contributed by atoms with E-state index in [-0.39, 0.29) is 59.3 Å². The second-order valence-electron chi connectivity index (χ2n) is 2.13. The van der Waals surface area contributed by atoms with Crippen molar-refractivity contribution in [3.8, 4) is 5.75 Å². The lowest BCUT2D eigenvalue weighted by Crippen LogP contribution is -3.00. The van der Waals surface area contributed by atoms with Gasteiger partial charge in [-0.15, -0.1) is 0 Å². The highest BCUT2D eigenvalue weighted by atomic mass is 127. The smallest absolute Gasteiger partial charge is 0.339 e. The predicted octanol–water partition coefficient (Wildman–Crippen LogP) is -9.29. The predicted molar refractivity (Wildman–Crippen MR) is 48.6 cm³/mol. The van der Waals surface area contributed by atoms with Crippen molar-refractivity contribution in [1.82, 2.24) is 0 Å². The molecule has 0 spiro atoms. The van der Waals surface area contributed by atoms with Crippen molar-refractivity contribution in [3.63, 3.8) is 0 Å². The lowest BCUT2D eigenvalue weighted by Gasteiger charge is -2.13. The van der Waals surface area contributed by atoms with Crippen LogP contribution in [0.5, 0.6) is 5.75 Å². The van der Waals surface area contributed by atoms with Crippen LogP contribution < -0.4 is 58.0 Å². The maximum atomic E-state index is 10.3. The lowest BCUT2D eigenvalue weighted by atomic mass is 10.2. The Balaban J connectivity index is -0.000000249. The van der Waals surface area contributed by atoms with Gasteiger partial charge in [0.2, 0.25) is 48.0 Å². The first kappa shape index (κ1) is 21.2. The normalized spacial score (nSPS) is 7.44. The van der Waals surface area contributed by atoms with E-state index in [9.17, 15) is 4.79 Å². The average molecular weight is 456 g/mol.